The lowest BCUT2D eigenvalue weighted by Crippen LogP contribution is -2.19. The van der Waals surface area contributed by atoms with Gasteiger partial charge < -0.3 is 5.43 Å². The van der Waals surface area contributed by atoms with Crippen LogP contribution in [0.2, 0.25) is 0 Å². The molecule has 4 heteroatoms. The van der Waals surface area contributed by atoms with Crippen LogP contribution in [0.25, 0.3) is 0 Å². The Morgan fingerprint density at radius 3 is 2.70 bits per heavy atom. The number of carbonyl (C=O) groups is 1. The van der Waals surface area contributed by atoms with Crippen LogP contribution in [-0.4, -0.2) is 17.5 Å². The normalized spacial score (nSPS) is 18.1. The van der Waals surface area contributed by atoms with Crippen LogP contribution in [0.5, 0.6) is 0 Å². The smallest absolute Gasteiger partial charge is 0.133 e. The molecule has 2 unspecified atom stereocenters. The van der Waals surface area contributed by atoms with Gasteiger partial charge in [-0.2, -0.15) is 5.10 Å². The van der Waals surface area contributed by atoms with Gasteiger partial charge in [0.1, 0.15) is 11.6 Å². The van der Waals surface area contributed by atoms with E-state index in [9.17, 15) is 9.18 Å². The molecule has 0 bridgehead atoms. The fourth-order valence-corrected chi connectivity index (χ4v) is 3.86. The standard InChI is InChI=1S/C26H35FN2O/c1-4-7-11-21(9-5-2)26-19-24(28-29-26)12-8-13-25(30)18-22(10-6-3)20-14-16-23(27)17-15-20/h4-5,7,9,11,14-17,22,24,28H,6,8,10,12-13,18-19H2,1-3H3/b7-4?,9-5-,21-11+. The highest BCUT2D eigenvalue weighted by Gasteiger charge is 2.21. The molecule has 0 aromatic heterocycles. The van der Waals surface area contributed by atoms with E-state index in [0.717, 1.165) is 49.0 Å². The van der Waals surface area contributed by atoms with Crippen molar-refractivity contribution in [3.05, 3.63) is 71.6 Å². The zero-order chi connectivity index (χ0) is 21.8. The van der Waals surface area contributed by atoms with Crippen molar-refractivity contribution in [2.45, 2.75) is 77.7 Å². The number of hydrogen-bond donors (Lipinski definition) is 1. The molecule has 1 heterocycles. The highest BCUT2D eigenvalue weighted by Crippen LogP contribution is 2.26. The summed E-state index contributed by atoms with van der Waals surface area (Å²) in [6, 6.07) is 6.88. The minimum Gasteiger partial charge on any atom is -0.306 e. The number of carbonyl (C=O) groups excluding carboxylic acids is 1. The van der Waals surface area contributed by atoms with Gasteiger partial charge in [-0.05, 0) is 62.3 Å². The Balaban J connectivity index is 1.79. The van der Waals surface area contributed by atoms with Gasteiger partial charge in [-0.3, -0.25) is 4.79 Å². The maximum Gasteiger partial charge on any atom is 0.133 e. The highest BCUT2D eigenvalue weighted by molar-refractivity contribution is 6.03. The number of allylic oxidation sites excluding steroid dienone is 6. The Hall–Kier alpha value is -2.49. The molecule has 2 rings (SSSR count). The number of nitrogens with one attached hydrogen (secondary N) is 1. The topological polar surface area (TPSA) is 41.5 Å². The van der Waals surface area contributed by atoms with E-state index in [-0.39, 0.29) is 17.8 Å². The molecule has 0 saturated carbocycles. The van der Waals surface area contributed by atoms with Gasteiger partial charge in [-0.25, -0.2) is 4.39 Å². The molecule has 0 amide bonds. The van der Waals surface area contributed by atoms with Crippen molar-refractivity contribution in [3.63, 3.8) is 0 Å². The molecule has 0 fully saturated rings. The number of nitrogens with zero attached hydrogens (tertiary/aromatic N) is 1. The van der Waals surface area contributed by atoms with Crippen molar-refractivity contribution in [1.29, 1.82) is 0 Å². The Labute approximate surface area is 180 Å². The molecule has 1 aliphatic heterocycles. The molecular weight excluding hydrogens is 375 g/mol. The summed E-state index contributed by atoms with van der Waals surface area (Å²) in [6.07, 6.45) is 16.0. The number of Topliss-reactive ketones (excluding diaryl/α,β-unsaturated/α-hetero) is 1. The monoisotopic (exact) mass is 410 g/mol. The van der Waals surface area contributed by atoms with Crippen LogP contribution >= 0.6 is 0 Å². The predicted octanol–water partition coefficient (Wildman–Crippen LogP) is 6.64. The van der Waals surface area contributed by atoms with Gasteiger partial charge in [0.05, 0.1) is 5.71 Å². The van der Waals surface area contributed by atoms with E-state index in [1.54, 1.807) is 0 Å². The Bertz CT molecular complexity index is 790. The van der Waals surface area contributed by atoms with Crippen LogP contribution < -0.4 is 5.43 Å². The summed E-state index contributed by atoms with van der Waals surface area (Å²) in [7, 11) is 0. The first-order chi connectivity index (χ1) is 14.6. The van der Waals surface area contributed by atoms with E-state index in [1.165, 1.54) is 12.1 Å². The minimum atomic E-state index is -0.232. The average Bonchev–Trinajstić information content (AvgIpc) is 3.20. The lowest BCUT2D eigenvalue weighted by Gasteiger charge is -2.16. The lowest BCUT2D eigenvalue weighted by atomic mass is 9.88. The molecule has 1 N–H and O–H groups in total. The van der Waals surface area contributed by atoms with Crippen molar-refractivity contribution in [2.75, 3.05) is 0 Å². The van der Waals surface area contributed by atoms with Gasteiger partial charge in [0.15, 0.2) is 0 Å². The number of rotatable bonds is 12. The van der Waals surface area contributed by atoms with Crippen LogP contribution in [0, 0.1) is 5.82 Å². The molecule has 1 aromatic carbocycles. The molecule has 2 atom stereocenters. The molecule has 0 saturated heterocycles. The van der Waals surface area contributed by atoms with Gasteiger partial charge in [0.2, 0.25) is 0 Å². The Morgan fingerprint density at radius 1 is 1.27 bits per heavy atom. The lowest BCUT2D eigenvalue weighted by molar-refractivity contribution is -0.119. The first-order valence-corrected chi connectivity index (χ1v) is 11.1. The quantitative estimate of drug-likeness (QED) is 0.393. The number of halogens is 1. The molecule has 1 aromatic rings. The Kier molecular flexibility index (Phi) is 10.3. The van der Waals surface area contributed by atoms with Gasteiger partial charge in [0.25, 0.3) is 0 Å². The minimum absolute atomic E-state index is 0.183. The summed E-state index contributed by atoms with van der Waals surface area (Å²) in [5.74, 6) is 0.242. The average molecular weight is 411 g/mol. The van der Waals surface area contributed by atoms with Crippen molar-refractivity contribution in [2.24, 2.45) is 5.10 Å². The van der Waals surface area contributed by atoms with Crippen molar-refractivity contribution in [3.8, 4) is 0 Å². The molecular formula is C26H35FN2O. The van der Waals surface area contributed by atoms with E-state index in [4.69, 9.17) is 0 Å². The fourth-order valence-electron chi connectivity index (χ4n) is 3.86. The summed E-state index contributed by atoms with van der Waals surface area (Å²) in [4.78, 5) is 12.6. The second kappa shape index (κ2) is 12.9. The largest absolute Gasteiger partial charge is 0.306 e. The fraction of sp³-hybridized carbons (Fsp3) is 0.462. The van der Waals surface area contributed by atoms with Crippen LogP contribution in [0.15, 0.2) is 65.3 Å². The molecule has 1 aliphatic rings. The third-order valence-electron chi connectivity index (χ3n) is 5.43. The molecule has 162 valence electrons. The van der Waals surface area contributed by atoms with Crippen molar-refractivity contribution >= 4 is 11.5 Å². The van der Waals surface area contributed by atoms with Gasteiger partial charge in [0, 0.05) is 25.3 Å². The van der Waals surface area contributed by atoms with Crippen LogP contribution in [0.1, 0.15) is 77.2 Å². The second-order valence-corrected chi connectivity index (χ2v) is 7.91. The number of hydrazone groups is 1. The van der Waals surface area contributed by atoms with Gasteiger partial charge in [-0.1, -0.05) is 55.9 Å². The number of hydrogen-bond acceptors (Lipinski definition) is 3. The summed E-state index contributed by atoms with van der Waals surface area (Å²) < 4.78 is 13.2. The van der Waals surface area contributed by atoms with Crippen LogP contribution in [0.4, 0.5) is 4.39 Å². The third kappa shape index (κ3) is 7.74. The number of ketones is 1. The first kappa shape index (κ1) is 23.8. The maximum absolute atomic E-state index is 13.2. The zero-order valence-electron chi connectivity index (χ0n) is 18.5. The van der Waals surface area contributed by atoms with Crippen LogP contribution in [-0.2, 0) is 4.79 Å². The Morgan fingerprint density at radius 2 is 2.03 bits per heavy atom. The summed E-state index contributed by atoms with van der Waals surface area (Å²) in [6.45, 7) is 6.13. The van der Waals surface area contributed by atoms with Crippen molar-refractivity contribution in [1.82, 2.24) is 5.43 Å². The van der Waals surface area contributed by atoms with E-state index in [2.05, 4.69) is 29.6 Å². The van der Waals surface area contributed by atoms with E-state index >= 15 is 0 Å². The number of benzene rings is 1. The SMILES string of the molecule is CC=C/C=C(\C=C/C)C1=NNC(CCCC(=O)CC(CCC)c2ccc(F)cc2)C1. The van der Waals surface area contributed by atoms with E-state index in [0.29, 0.717) is 18.6 Å². The molecule has 0 radical (unpaired) electrons. The third-order valence-corrected chi connectivity index (χ3v) is 5.43. The summed E-state index contributed by atoms with van der Waals surface area (Å²) >= 11 is 0. The maximum atomic E-state index is 13.2. The highest BCUT2D eigenvalue weighted by atomic mass is 19.1. The second-order valence-electron chi connectivity index (χ2n) is 7.91. The van der Waals surface area contributed by atoms with E-state index < -0.39 is 0 Å². The van der Waals surface area contributed by atoms with Crippen molar-refractivity contribution < 1.29 is 9.18 Å². The summed E-state index contributed by atoms with van der Waals surface area (Å²) in [5.41, 5.74) is 6.49. The first-order valence-electron chi connectivity index (χ1n) is 11.1. The van der Waals surface area contributed by atoms with Gasteiger partial charge in [-0.15, -0.1) is 0 Å². The van der Waals surface area contributed by atoms with E-state index in [1.807, 2.05) is 44.2 Å². The molecule has 0 spiro atoms. The zero-order valence-corrected chi connectivity index (χ0v) is 18.5. The molecule has 30 heavy (non-hydrogen) atoms. The van der Waals surface area contributed by atoms with Gasteiger partial charge >= 0.3 is 0 Å². The molecule has 0 aliphatic carbocycles. The molecule has 3 nitrogen and oxygen atoms in total. The predicted molar refractivity (Wildman–Crippen MR) is 124 cm³/mol. The summed E-state index contributed by atoms with van der Waals surface area (Å²) in [5, 5.41) is 4.50. The van der Waals surface area contributed by atoms with Crippen LogP contribution in [0.3, 0.4) is 0 Å².